The van der Waals surface area contributed by atoms with Crippen LogP contribution in [0.25, 0.3) is 11.0 Å². The van der Waals surface area contributed by atoms with Crippen LogP contribution in [-0.2, 0) is 14.3 Å². The third-order valence-corrected chi connectivity index (χ3v) is 5.33. The highest BCUT2D eigenvalue weighted by molar-refractivity contribution is 6.08. The lowest BCUT2D eigenvalue weighted by molar-refractivity contribution is -0.143. The van der Waals surface area contributed by atoms with Gasteiger partial charge in [0, 0.05) is 34.9 Å². The van der Waals surface area contributed by atoms with E-state index in [1.165, 1.54) is 13.4 Å². The van der Waals surface area contributed by atoms with E-state index in [1.54, 1.807) is 31.2 Å². The Bertz CT molecular complexity index is 1080. The number of carbonyl (C=O) groups excluding carboxylic acids is 2. The molecule has 0 bridgehead atoms. The lowest BCUT2D eigenvalue weighted by Gasteiger charge is -2.33. The predicted molar refractivity (Wildman–Crippen MR) is 99.7 cm³/mol. The van der Waals surface area contributed by atoms with Gasteiger partial charge in [0.1, 0.15) is 11.5 Å². The Hall–Kier alpha value is -3.02. The van der Waals surface area contributed by atoms with E-state index in [0.29, 0.717) is 46.4 Å². The van der Waals surface area contributed by atoms with Crippen molar-refractivity contribution >= 4 is 28.4 Å². The van der Waals surface area contributed by atoms with Gasteiger partial charge in [0.2, 0.25) is 0 Å². The molecule has 1 aromatic carbocycles. The molecule has 2 heterocycles. The molecule has 27 heavy (non-hydrogen) atoms. The summed E-state index contributed by atoms with van der Waals surface area (Å²) in [6.45, 7) is 1.74. The number of allylic oxidation sites excluding steroid dienone is 2. The number of benzene rings is 1. The maximum Gasteiger partial charge on any atom is 0.315 e. The molecule has 2 aliphatic rings. The molecule has 0 amide bonds. The van der Waals surface area contributed by atoms with Crippen molar-refractivity contribution in [3.8, 4) is 0 Å². The second-order valence-corrected chi connectivity index (χ2v) is 6.89. The first-order valence-corrected chi connectivity index (χ1v) is 8.92. The van der Waals surface area contributed by atoms with Crippen LogP contribution in [0.5, 0.6) is 0 Å². The molecule has 6 nitrogen and oxygen atoms in total. The van der Waals surface area contributed by atoms with Crippen LogP contribution in [0.4, 0.5) is 0 Å². The highest BCUT2D eigenvalue weighted by atomic mass is 16.5. The number of ketones is 1. The van der Waals surface area contributed by atoms with Gasteiger partial charge in [-0.3, -0.25) is 19.4 Å². The van der Waals surface area contributed by atoms with Crippen LogP contribution < -0.4 is 5.43 Å². The highest BCUT2D eigenvalue weighted by Crippen LogP contribution is 2.42. The second kappa shape index (κ2) is 6.61. The first-order valence-electron chi connectivity index (χ1n) is 8.92. The number of methoxy groups -OCH3 is 1. The summed E-state index contributed by atoms with van der Waals surface area (Å²) < 4.78 is 10.6. The van der Waals surface area contributed by atoms with Crippen LogP contribution >= 0.6 is 0 Å². The van der Waals surface area contributed by atoms with Gasteiger partial charge in [-0.05, 0) is 31.9 Å². The van der Waals surface area contributed by atoms with Crippen molar-refractivity contribution in [3.05, 3.63) is 57.6 Å². The smallest absolute Gasteiger partial charge is 0.315 e. The van der Waals surface area contributed by atoms with Crippen molar-refractivity contribution in [1.82, 2.24) is 0 Å². The van der Waals surface area contributed by atoms with Crippen molar-refractivity contribution in [1.29, 1.82) is 0 Å². The molecule has 0 saturated carbocycles. The number of hydrogen-bond acceptors (Lipinski definition) is 6. The number of esters is 1. The average molecular weight is 365 g/mol. The zero-order valence-electron chi connectivity index (χ0n) is 15.2. The van der Waals surface area contributed by atoms with Crippen LogP contribution in [0.1, 0.15) is 37.7 Å². The Morgan fingerprint density at radius 1 is 1.22 bits per heavy atom. The molecule has 6 heteroatoms. The number of hydrogen-bond donors (Lipinski definition) is 0. The SMILES string of the molecule is COC(=O)C1C(C)=NC2=C(C(=O)CCC2)[C@@H]1c1coc2ccccc2c1=O. The van der Waals surface area contributed by atoms with Crippen molar-refractivity contribution in [2.75, 3.05) is 7.11 Å². The van der Waals surface area contributed by atoms with Gasteiger partial charge >= 0.3 is 5.97 Å². The molecule has 2 atom stereocenters. The molecule has 0 fully saturated rings. The van der Waals surface area contributed by atoms with Crippen LogP contribution in [0.15, 0.2) is 56.0 Å². The van der Waals surface area contributed by atoms with Gasteiger partial charge in [-0.25, -0.2) is 0 Å². The third-order valence-electron chi connectivity index (χ3n) is 5.33. The quantitative estimate of drug-likeness (QED) is 0.763. The van der Waals surface area contributed by atoms with E-state index in [1.807, 2.05) is 0 Å². The van der Waals surface area contributed by atoms with E-state index in [2.05, 4.69) is 4.99 Å². The minimum absolute atomic E-state index is 0.0704. The van der Waals surface area contributed by atoms with Crippen molar-refractivity contribution in [2.45, 2.75) is 32.1 Å². The molecule has 0 spiro atoms. The Morgan fingerprint density at radius 2 is 2.00 bits per heavy atom. The molecule has 0 N–H and O–H groups in total. The van der Waals surface area contributed by atoms with E-state index in [0.717, 1.165) is 6.42 Å². The van der Waals surface area contributed by atoms with Crippen LogP contribution in [0.2, 0.25) is 0 Å². The third kappa shape index (κ3) is 2.72. The Labute approximate surface area is 155 Å². The monoisotopic (exact) mass is 365 g/mol. The van der Waals surface area contributed by atoms with E-state index < -0.39 is 17.8 Å². The summed E-state index contributed by atoms with van der Waals surface area (Å²) in [5.41, 5.74) is 2.18. The van der Waals surface area contributed by atoms with Crippen LogP contribution in [0.3, 0.4) is 0 Å². The molecule has 2 aromatic rings. The topological polar surface area (TPSA) is 85.9 Å². The van der Waals surface area contributed by atoms with Gasteiger partial charge in [0.05, 0.1) is 18.8 Å². The number of nitrogens with zero attached hydrogens (tertiary/aromatic N) is 1. The van der Waals surface area contributed by atoms with Gasteiger partial charge in [-0.2, -0.15) is 0 Å². The van der Waals surface area contributed by atoms with Crippen molar-refractivity contribution in [3.63, 3.8) is 0 Å². The largest absolute Gasteiger partial charge is 0.468 e. The summed E-state index contributed by atoms with van der Waals surface area (Å²) in [4.78, 5) is 43.0. The fourth-order valence-electron chi connectivity index (χ4n) is 4.08. The molecular formula is C21H19NO5. The molecule has 1 aliphatic heterocycles. The van der Waals surface area contributed by atoms with Crippen molar-refractivity contribution < 1.29 is 18.7 Å². The zero-order valence-corrected chi connectivity index (χ0v) is 15.2. The van der Waals surface area contributed by atoms with E-state index in [9.17, 15) is 14.4 Å². The van der Waals surface area contributed by atoms with E-state index in [4.69, 9.17) is 9.15 Å². The van der Waals surface area contributed by atoms with E-state index >= 15 is 0 Å². The Balaban J connectivity index is 1.99. The van der Waals surface area contributed by atoms with Gasteiger partial charge in [0.15, 0.2) is 11.2 Å². The number of ether oxygens (including phenoxy) is 1. The first-order chi connectivity index (χ1) is 13.0. The van der Waals surface area contributed by atoms with E-state index in [-0.39, 0.29) is 11.2 Å². The first kappa shape index (κ1) is 17.4. The van der Waals surface area contributed by atoms with Gasteiger partial charge in [-0.1, -0.05) is 12.1 Å². The molecule has 0 saturated heterocycles. The normalized spacial score (nSPS) is 22.4. The highest BCUT2D eigenvalue weighted by Gasteiger charge is 2.44. The molecular weight excluding hydrogens is 346 g/mol. The average Bonchev–Trinajstić information content (AvgIpc) is 2.67. The summed E-state index contributed by atoms with van der Waals surface area (Å²) in [7, 11) is 1.29. The van der Waals surface area contributed by atoms with Crippen LogP contribution in [0, 0.1) is 5.92 Å². The van der Waals surface area contributed by atoms with Crippen LogP contribution in [-0.4, -0.2) is 24.6 Å². The molecule has 1 aromatic heterocycles. The fourth-order valence-corrected chi connectivity index (χ4v) is 4.08. The maximum absolute atomic E-state index is 13.2. The Kier molecular flexibility index (Phi) is 4.26. The lowest BCUT2D eigenvalue weighted by Crippen LogP contribution is -2.38. The minimum Gasteiger partial charge on any atom is -0.468 e. The zero-order chi connectivity index (χ0) is 19.1. The Morgan fingerprint density at radius 3 is 2.78 bits per heavy atom. The summed E-state index contributed by atoms with van der Waals surface area (Å²) in [6.07, 6.45) is 3.13. The fraction of sp³-hybridized carbons (Fsp3) is 0.333. The van der Waals surface area contributed by atoms with Crippen molar-refractivity contribution in [2.24, 2.45) is 10.9 Å². The number of aliphatic imine (C=N–C) groups is 1. The summed E-state index contributed by atoms with van der Waals surface area (Å²) in [5, 5.41) is 0.421. The molecule has 1 aliphatic carbocycles. The number of Topliss-reactive ketones (excluding diaryl/α,β-unsaturated/α-hetero) is 1. The molecule has 138 valence electrons. The lowest BCUT2D eigenvalue weighted by atomic mass is 9.72. The van der Waals surface area contributed by atoms with Gasteiger partial charge in [0.25, 0.3) is 0 Å². The maximum atomic E-state index is 13.2. The van der Waals surface area contributed by atoms with Gasteiger partial charge < -0.3 is 9.15 Å². The molecule has 0 radical (unpaired) electrons. The number of para-hydroxylation sites is 1. The molecule has 4 rings (SSSR count). The summed E-state index contributed by atoms with van der Waals surface area (Å²) in [5.74, 6) is -2.14. The predicted octanol–water partition coefficient (Wildman–Crippen LogP) is 3.15. The second-order valence-electron chi connectivity index (χ2n) is 6.89. The minimum atomic E-state index is -0.820. The number of fused-ring (bicyclic) bond motifs is 1. The number of rotatable bonds is 2. The summed E-state index contributed by atoms with van der Waals surface area (Å²) in [6, 6.07) is 6.93. The molecule has 1 unspecified atom stereocenters. The number of carbonyl (C=O) groups is 2. The standard InChI is InChI=1S/C21H19NO5/c1-11-17(21(25)26-2)18(19-14(22-11)7-5-8-15(19)23)13-10-27-16-9-4-3-6-12(16)20(13)24/h3-4,6,9-10,17-18H,5,7-8H2,1-2H3/t17?,18-/m1/s1. The van der Waals surface area contributed by atoms with Gasteiger partial charge in [-0.15, -0.1) is 0 Å². The summed E-state index contributed by atoms with van der Waals surface area (Å²) >= 11 is 0.